The van der Waals surface area contributed by atoms with E-state index in [0.717, 1.165) is 37.7 Å². The summed E-state index contributed by atoms with van der Waals surface area (Å²) in [6, 6.07) is 6.03. The summed E-state index contributed by atoms with van der Waals surface area (Å²) >= 11 is 0. The highest BCUT2D eigenvalue weighted by Gasteiger charge is 2.08. The number of aryl methyl sites for hydroxylation is 2. The molecular formula is C14H19NO2. The maximum absolute atomic E-state index is 11.7. The Kier molecular flexibility index (Phi) is 3.67. The molecule has 3 heteroatoms. The fourth-order valence-corrected chi connectivity index (χ4v) is 2.08. The Morgan fingerprint density at radius 3 is 2.76 bits per heavy atom. The van der Waals surface area contributed by atoms with Crippen LogP contribution in [0.1, 0.15) is 38.7 Å². The molecule has 0 aliphatic heterocycles. The number of aromatic nitrogens is 1. The maximum Gasteiger partial charge on any atom is 0.419 e. The highest BCUT2D eigenvalue weighted by atomic mass is 16.4. The van der Waals surface area contributed by atoms with Gasteiger partial charge in [-0.1, -0.05) is 32.8 Å². The number of rotatable bonds is 5. The molecule has 92 valence electrons. The van der Waals surface area contributed by atoms with E-state index in [4.69, 9.17) is 4.42 Å². The minimum Gasteiger partial charge on any atom is -0.408 e. The number of hydrogen-bond donors (Lipinski definition) is 0. The van der Waals surface area contributed by atoms with E-state index in [2.05, 4.69) is 19.9 Å². The Bertz CT molecular complexity index is 551. The number of hydrogen-bond acceptors (Lipinski definition) is 2. The van der Waals surface area contributed by atoms with Crippen molar-refractivity contribution < 1.29 is 4.42 Å². The van der Waals surface area contributed by atoms with Gasteiger partial charge in [0.1, 0.15) is 0 Å². The van der Waals surface area contributed by atoms with Crippen LogP contribution < -0.4 is 5.76 Å². The molecule has 0 saturated carbocycles. The first kappa shape index (κ1) is 12.0. The van der Waals surface area contributed by atoms with Gasteiger partial charge in [0.2, 0.25) is 0 Å². The first-order valence-corrected chi connectivity index (χ1v) is 6.38. The number of oxazole rings is 1. The summed E-state index contributed by atoms with van der Waals surface area (Å²) in [5.74, 6) is -0.234. The Hall–Kier alpha value is -1.51. The molecular weight excluding hydrogens is 214 g/mol. The lowest BCUT2D eigenvalue weighted by Crippen LogP contribution is -2.13. The van der Waals surface area contributed by atoms with Gasteiger partial charge in [0.15, 0.2) is 5.58 Å². The largest absolute Gasteiger partial charge is 0.419 e. The van der Waals surface area contributed by atoms with Crippen molar-refractivity contribution in [2.24, 2.45) is 0 Å². The van der Waals surface area contributed by atoms with Crippen LogP contribution in [0.5, 0.6) is 0 Å². The zero-order valence-electron chi connectivity index (χ0n) is 10.5. The predicted molar refractivity (Wildman–Crippen MR) is 69.4 cm³/mol. The second kappa shape index (κ2) is 5.21. The van der Waals surface area contributed by atoms with Gasteiger partial charge in [-0.25, -0.2) is 4.79 Å². The lowest BCUT2D eigenvalue weighted by atomic mass is 10.1. The molecule has 1 heterocycles. The van der Waals surface area contributed by atoms with E-state index in [1.807, 2.05) is 12.1 Å². The van der Waals surface area contributed by atoms with Crippen molar-refractivity contribution in [3.63, 3.8) is 0 Å². The van der Waals surface area contributed by atoms with Gasteiger partial charge in [0, 0.05) is 6.54 Å². The number of benzene rings is 1. The minimum atomic E-state index is -0.234. The average Bonchev–Trinajstić information content (AvgIpc) is 2.63. The van der Waals surface area contributed by atoms with Gasteiger partial charge in [0.05, 0.1) is 5.52 Å². The van der Waals surface area contributed by atoms with Crippen molar-refractivity contribution in [2.45, 2.75) is 46.1 Å². The monoisotopic (exact) mass is 233 g/mol. The smallest absolute Gasteiger partial charge is 0.408 e. The van der Waals surface area contributed by atoms with Crippen LogP contribution in [0.4, 0.5) is 0 Å². The molecule has 0 unspecified atom stereocenters. The summed E-state index contributed by atoms with van der Waals surface area (Å²) in [5, 5.41) is 0. The number of fused-ring (bicyclic) bond motifs is 1. The average molecular weight is 233 g/mol. The molecule has 2 aromatic rings. The molecule has 0 aliphatic rings. The van der Waals surface area contributed by atoms with Crippen LogP contribution in [0.3, 0.4) is 0 Å². The standard InChI is InChI=1S/C14H19NO2/c1-3-5-9-15-12-10-11(6-4-2)7-8-13(12)17-14(15)16/h7-8,10H,3-6,9H2,1-2H3. The van der Waals surface area contributed by atoms with Crippen LogP contribution in [0, 0.1) is 0 Å². The van der Waals surface area contributed by atoms with Crippen LogP contribution >= 0.6 is 0 Å². The van der Waals surface area contributed by atoms with Crippen molar-refractivity contribution in [1.82, 2.24) is 4.57 Å². The fraction of sp³-hybridized carbons (Fsp3) is 0.500. The Morgan fingerprint density at radius 2 is 2.06 bits per heavy atom. The van der Waals surface area contributed by atoms with E-state index in [9.17, 15) is 4.79 Å². The zero-order chi connectivity index (χ0) is 12.3. The van der Waals surface area contributed by atoms with E-state index in [-0.39, 0.29) is 5.76 Å². The third kappa shape index (κ3) is 2.43. The predicted octanol–water partition coefficient (Wildman–Crippen LogP) is 3.35. The molecule has 0 saturated heterocycles. The van der Waals surface area contributed by atoms with E-state index >= 15 is 0 Å². The third-order valence-electron chi connectivity index (χ3n) is 3.01. The second-order valence-corrected chi connectivity index (χ2v) is 4.43. The number of unbranched alkanes of at least 4 members (excludes halogenated alkanes) is 1. The molecule has 0 radical (unpaired) electrons. The van der Waals surface area contributed by atoms with Gasteiger partial charge in [-0.2, -0.15) is 0 Å². The molecule has 0 N–H and O–H groups in total. The van der Waals surface area contributed by atoms with E-state index < -0.39 is 0 Å². The van der Waals surface area contributed by atoms with E-state index in [0.29, 0.717) is 5.58 Å². The first-order chi connectivity index (χ1) is 8.26. The second-order valence-electron chi connectivity index (χ2n) is 4.43. The molecule has 0 bridgehead atoms. The van der Waals surface area contributed by atoms with E-state index in [1.54, 1.807) is 4.57 Å². The Labute approximate surface area is 101 Å². The molecule has 0 fully saturated rings. The molecule has 0 aliphatic carbocycles. The van der Waals surface area contributed by atoms with Crippen LogP contribution in [0.25, 0.3) is 11.1 Å². The van der Waals surface area contributed by atoms with Gasteiger partial charge >= 0.3 is 5.76 Å². The molecule has 1 aromatic heterocycles. The topological polar surface area (TPSA) is 35.1 Å². The lowest BCUT2D eigenvalue weighted by Gasteiger charge is -2.02. The third-order valence-corrected chi connectivity index (χ3v) is 3.01. The van der Waals surface area contributed by atoms with Crippen LogP contribution in [0.2, 0.25) is 0 Å². The zero-order valence-corrected chi connectivity index (χ0v) is 10.5. The minimum absolute atomic E-state index is 0.234. The highest BCUT2D eigenvalue weighted by Crippen LogP contribution is 2.16. The quantitative estimate of drug-likeness (QED) is 0.793. The molecule has 17 heavy (non-hydrogen) atoms. The highest BCUT2D eigenvalue weighted by molar-refractivity contribution is 5.73. The van der Waals surface area contributed by atoms with Crippen molar-refractivity contribution in [3.8, 4) is 0 Å². The van der Waals surface area contributed by atoms with Gasteiger partial charge in [-0.05, 0) is 30.5 Å². The van der Waals surface area contributed by atoms with Crippen molar-refractivity contribution >= 4 is 11.1 Å². The molecule has 0 atom stereocenters. The SMILES string of the molecule is CCCCn1c(=O)oc2ccc(CCC)cc21. The van der Waals surface area contributed by atoms with Crippen molar-refractivity contribution in [2.75, 3.05) is 0 Å². The summed E-state index contributed by atoms with van der Waals surface area (Å²) in [6.07, 6.45) is 4.24. The van der Waals surface area contributed by atoms with Crippen LogP contribution in [-0.2, 0) is 13.0 Å². The summed E-state index contributed by atoms with van der Waals surface area (Å²) in [4.78, 5) is 11.7. The summed E-state index contributed by atoms with van der Waals surface area (Å²) in [5.41, 5.74) is 2.91. The van der Waals surface area contributed by atoms with Gasteiger partial charge in [-0.15, -0.1) is 0 Å². The maximum atomic E-state index is 11.7. The molecule has 0 amide bonds. The normalized spacial score (nSPS) is 11.2. The number of nitrogens with zero attached hydrogens (tertiary/aromatic N) is 1. The van der Waals surface area contributed by atoms with Crippen LogP contribution in [0.15, 0.2) is 27.4 Å². The van der Waals surface area contributed by atoms with Gasteiger partial charge in [0.25, 0.3) is 0 Å². The molecule has 2 rings (SSSR count). The summed E-state index contributed by atoms with van der Waals surface area (Å²) < 4.78 is 6.98. The molecule has 1 aromatic carbocycles. The van der Waals surface area contributed by atoms with Crippen molar-refractivity contribution in [1.29, 1.82) is 0 Å². The van der Waals surface area contributed by atoms with Gasteiger partial charge < -0.3 is 4.42 Å². The van der Waals surface area contributed by atoms with Crippen LogP contribution in [-0.4, -0.2) is 4.57 Å². The summed E-state index contributed by atoms with van der Waals surface area (Å²) in [7, 11) is 0. The Balaban J connectivity index is 2.45. The van der Waals surface area contributed by atoms with Gasteiger partial charge in [-0.3, -0.25) is 4.57 Å². The lowest BCUT2D eigenvalue weighted by molar-refractivity contribution is 0.496. The molecule has 3 nitrogen and oxygen atoms in total. The van der Waals surface area contributed by atoms with E-state index in [1.165, 1.54) is 5.56 Å². The first-order valence-electron chi connectivity index (χ1n) is 6.38. The van der Waals surface area contributed by atoms with Crippen molar-refractivity contribution in [3.05, 3.63) is 34.3 Å². The Morgan fingerprint density at radius 1 is 1.24 bits per heavy atom. The molecule has 0 spiro atoms. The summed E-state index contributed by atoms with van der Waals surface area (Å²) in [6.45, 7) is 5.03. The fourth-order valence-electron chi connectivity index (χ4n) is 2.08.